The van der Waals surface area contributed by atoms with E-state index in [4.69, 9.17) is 0 Å². The summed E-state index contributed by atoms with van der Waals surface area (Å²) >= 11 is 0. The first kappa shape index (κ1) is 4.82. The highest BCUT2D eigenvalue weighted by molar-refractivity contribution is 5.84. The van der Waals surface area contributed by atoms with Gasteiger partial charge in [-0.2, -0.15) is 0 Å². The van der Waals surface area contributed by atoms with Gasteiger partial charge in [-0.25, -0.2) is 4.58 Å². The Kier molecular flexibility index (Phi) is 1.13. The summed E-state index contributed by atoms with van der Waals surface area (Å²) in [7, 11) is 4.24. The molecule has 1 rings (SSSR count). The van der Waals surface area contributed by atoms with Crippen molar-refractivity contribution in [3.8, 4) is 0 Å². The second-order valence-electron chi connectivity index (χ2n) is 2.31. The lowest BCUT2D eigenvalue weighted by Crippen LogP contribution is -2.20. The van der Waals surface area contributed by atoms with Gasteiger partial charge < -0.3 is 0 Å². The topological polar surface area (TPSA) is 3.01 Å². The van der Waals surface area contributed by atoms with Crippen molar-refractivity contribution in [1.82, 2.24) is 0 Å². The van der Waals surface area contributed by atoms with Gasteiger partial charge >= 0.3 is 0 Å². The van der Waals surface area contributed by atoms with Crippen LogP contribution >= 0.6 is 0 Å². The van der Waals surface area contributed by atoms with Crippen LogP contribution in [0, 0.1) is 0 Å². The smallest absolute Gasteiger partial charge is 0.151 e. The molecule has 0 atom stereocenters. The normalized spacial score (nSPS) is 18.9. The molecule has 0 aromatic heterocycles. The number of nitrogens with zero attached hydrogens (tertiary/aromatic N) is 1. The second kappa shape index (κ2) is 1.65. The van der Waals surface area contributed by atoms with Crippen molar-refractivity contribution in [2.45, 2.75) is 19.3 Å². The highest BCUT2D eigenvalue weighted by Gasteiger charge is 2.16. The van der Waals surface area contributed by atoms with Crippen LogP contribution in [-0.2, 0) is 0 Å². The molecule has 7 heavy (non-hydrogen) atoms. The van der Waals surface area contributed by atoms with Crippen LogP contribution < -0.4 is 0 Å². The van der Waals surface area contributed by atoms with E-state index in [-0.39, 0.29) is 0 Å². The summed E-state index contributed by atoms with van der Waals surface area (Å²) in [6.45, 7) is 0. The van der Waals surface area contributed by atoms with Gasteiger partial charge in [0.25, 0.3) is 0 Å². The zero-order chi connectivity index (χ0) is 5.28. The Morgan fingerprint density at radius 2 is 1.86 bits per heavy atom. The van der Waals surface area contributed by atoms with E-state index in [1.165, 1.54) is 19.3 Å². The molecule has 0 heterocycles. The summed E-state index contributed by atoms with van der Waals surface area (Å²) in [5.74, 6) is 0. The summed E-state index contributed by atoms with van der Waals surface area (Å²) in [4.78, 5) is 0. The molecule has 0 radical (unpaired) electrons. The van der Waals surface area contributed by atoms with Gasteiger partial charge in [-0.05, 0) is 6.42 Å². The molecule has 1 aliphatic carbocycles. The maximum absolute atomic E-state index is 2.23. The SMILES string of the molecule is C[N+](C)=C1CCC1. The van der Waals surface area contributed by atoms with E-state index in [2.05, 4.69) is 18.7 Å². The van der Waals surface area contributed by atoms with E-state index in [9.17, 15) is 0 Å². The summed E-state index contributed by atoms with van der Waals surface area (Å²) in [5, 5.41) is 0. The minimum Gasteiger partial charge on any atom is -0.242 e. The molecule has 1 nitrogen and oxygen atoms in total. The fraction of sp³-hybridized carbons (Fsp3) is 0.833. The predicted octanol–water partition coefficient (Wildman–Crippen LogP) is 0.883. The molecule has 0 amide bonds. The highest BCUT2D eigenvalue weighted by atomic mass is 14.9. The van der Waals surface area contributed by atoms with Gasteiger partial charge in [0.1, 0.15) is 14.1 Å². The van der Waals surface area contributed by atoms with Crippen molar-refractivity contribution in [3.63, 3.8) is 0 Å². The molecule has 40 valence electrons. The van der Waals surface area contributed by atoms with Crippen LogP contribution in [-0.4, -0.2) is 24.4 Å². The molecule has 1 saturated carbocycles. The Labute approximate surface area is 44.7 Å². The minimum atomic E-state index is 1.34. The molecule has 0 N–H and O–H groups in total. The third kappa shape index (κ3) is 0.817. The molecule has 0 bridgehead atoms. The molecule has 0 aromatic rings. The van der Waals surface area contributed by atoms with Crippen molar-refractivity contribution in [3.05, 3.63) is 0 Å². The fourth-order valence-corrected chi connectivity index (χ4v) is 0.782. The van der Waals surface area contributed by atoms with Crippen LogP contribution in [0.5, 0.6) is 0 Å². The van der Waals surface area contributed by atoms with E-state index < -0.39 is 0 Å². The second-order valence-corrected chi connectivity index (χ2v) is 2.31. The number of hydrogen-bond donors (Lipinski definition) is 0. The monoisotopic (exact) mass is 98.1 g/mol. The van der Waals surface area contributed by atoms with Gasteiger partial charge in [0.05, 0.1) is 0 Å². The van der Waals surface area contributed by atoms with E-state index in [1.54, 1.807) is 5.71 Å². The van der Waals surface area contributed by atoms with Gasteiger partial charge in [0.2, 0.25) is 0 Å². The zero-order valence-corrected chi connectivity index (χ0v) is 5.07. The Morgan fingerprint density at radius 3 is 1.86 bits per heavy atom. The van der Waals surface area contributed by atoms with E-state index >= 15 is 0 Å². The lowest BCUT2D eigenvalue weighted by atomic mass is 9.97. The van der Waals surface area contributed by atoms with Crippen molar-refractivity contribution in [2.24, 2.45) is 0 Å². The molecule has 0 aromatic carbocycles. The lowest BCUT2D eigenvalue weighted by molar-refractivity contribution is -0.469. The van der Waals surface area contributed by atoms with Crippen LogP contribution in [0.3, 0.4) is 0 Å². The average molecular weight is 98.2 g/mol. The summed E-state index contributed by atoms with van der Waals surface area (Å²) in [5.41, 5.74) is 1.61. The molecular formula is C6H12N+. The molecule has 0 saturated heterocycles. The van der Waals surface area contributed by atoms with Crippen LogP contribution in [0.25, 0.3) is 0 Å². The molecule has 1 heteroatoms. The molecule has 0 unspecified atom stereocenters. The standard InChI is InChI=1S/C6H12N/c1-7(2)6-4-3-5-6/h3-5H2,1-2H3/q+1. The third-order valence-electron chi connectivity index (χ3n) is 1.56. The van der Waals surface area contributed by atoms with E-state index in [0.29, 0.717) is 0 Å². The Bertz CT molecular complexity index is 92.7. The van der Waals surface area contributed by atoms with Gasteiger partial charge in [-0.1, -0.05) is 0 Å². The van der Waals surface area contributed by atoms with Crippen molar-refractivity contribution in [1.29, 1.82) is 0 Å². The van der Waals surface area contributed by atoms with Crippen molar-refractivity contribution >= 4 is 5.71 Å². The fourth-order valence-electron chi connectivity index (χ4n) is 0.782. The first-order chi connectivity index (χ1) is 3.30. The molecule has 1 aliphatic rings. The Morgan fingerprint density at radius 1 is 1.29 bits per heavy atom. The van der Waals surface area contributed by atoms with Gasteiger partial charge in [-0.15, -0.1) is 0 Å². The Hall–Kier alpha value is -0.330. The third-order valence-corrected chi connectivity index (χ3v) is 1.56. The molecule has 1 fully saturated rings. The summed E-state index contributed by atoms with van der Waals surface area (Å²) in [6, 6.07) is 0. The van der Waals surface area contributed by atoms with Crippen LogP contribution in [0.2, 0.25) is 0 Å². The zero-order valence-electron chi connectivity index (χ0n) is 5.07. The summed E-state index contributed by atoms with van der Waals surface area (Å²) in [6.07, 6.45) is 4.09. The van der Waals surface area contributed by atoms with E-state index in [1.807, 2.05) is 0 Å². The molecular weight excluding hydrogens is 86.1 g/mol. The number of rotatable bonds is 0. The van der Waals surface area contributed by atoms with Gasteiger partial charge in [0.15, 0.2) is 5.71 Å². The van der Waals surface area contributed by atoms with Crippen LogP contribution in [0.15, 0.2) is 0 Å². The highest BCUT2D eigenvalue weighted by Crippen LogP contribution is 2.12. The average Bonchev–Trinajstić information content (AvgIpc) is 1.23. The van der Waals surface area contributed by atoms with Crippen LogP contribution in [0.4, 0.5) is 0 Å². The maximum Gasteiger partial charge on any atom is 0.151 e. The first-order valence-electron chi connectivity index (χ1n) is 2.83. The maximum atomic E-state index is 2.23. The van der Waals surface area contributed by atoms with Crippen LogP contribution in [0.1, 0.15) is 19.3 Å². The van der Waals surface area contributed by atoms with Crippen molar-refractivity contribution in [2.75, 3.05) is 14.1 Å². The van der Waals surface area contributed by atoms with Gasteiger partial charge in [-0.3, -0.25) is 0 Å². The summed E-state index contributed by atoms with van der Waals surface area (Å²) < 4.78 is 2.23. The molecule has 0 spiro atoms. The van der Waals surface area contributed by atoms with Crippen molar-refractivity contribution < 1.29 is 4.58 Å². The quantitative estimate of drug-likeness (QED) is 0.396. The predicted molar refractivity (Wildman–Crippen MR) is 31.0 cm³/mol. The lowest BCUT2D eigenvalue weighted by Gasteiger charge is -2.10. The largest absolute Gasteiger partial charge is 0.242 e. The van der Waals surface area contributed by atoms with E-state index in [0.717, 1.165) is 0 Å². The van der Waals surface area contributed by atoms with Gasteiger partial charge in [0, 0.05) is 12.8 Å². The Balaban J connectivity index is 2.52. The number of hydrogen-bond acceptors (Lipinski definition) is 0. The minimum absolute atomic E-state index is 1.34. The first-order valence-corrected chi connectivity index (χ1v) is 2.83. The molecule has 0 aliphatic heterocycles.